The highest BCUT2D eigenvalue weighted by molar-refractivity contribution is 5.88. The third-order valence-electron chi connectivity index (χ3n) is 2.79. The van der Waals surface area contributed by atoms with Crippen molar-refractivity contribution in [1.29, 1.82) is 0 Å². The lowest BCUT2D eigenvalue weighted by Gasteiger charge is -2.10. The molecule has 0 bridgehead atoms. The van der Waals surface area contributed by atoms with Crippen LogP contribution >= 0.6 is 0 Å². The van der Waals surface area contributed by atoms with Gasteiger partial charge in [0.25, 0.3) is 0 Å². The smallest absolute Gasteiger partial charge is 0.453 e. The van der Waals surface area contributed by atoms with E-state index in [0.29, 0.717) is 5.69 Å². The molecule has 0 fully saturated rings. The molecule has 130 valence electrons. The molecule has 0 saturated heterocycles. The maximum Gasteiger partial charge on any atom is 0.513 e. The van der Waals surface area contributed by atoms with Crippen molar-refractivity contribution in [2.24, 2.45) is 10.2 Å². The quantitative estimate of drug-likeness (QED) is 0.639. The van der Waals surface area contributed by atoms with Crippen LogP contribution in [-0.4, -0.2) is 31.5 Å². The molecule has 25 heavy (non-hydrogen) atoms. The van der Waals surface area contributed by atoms with Crippen molar-refractivity contribution in [2.75, 3.05) is 25.3 Å². The van der Waals surface area contributed by atoms with Crippen LogP contribution in [0.5, 0.6) is 5.75 Å². The number of amides is 1. The lowest BCUT2D eigenvalue weighted by molar-refractivity contribution is 0.121. The van der Waals surface area contributed by atoms with E-state index in [1.54, 1.807) is 24.3 Å². The number of nitrogens with two attached hydrogens (primary N) is 1. The van der Waals surface area contributed by atoms with Crippen molar-refractivity contribution in [2.45, 2.75) is 0 Å². The molecule has 0 atom stereocenters. The van der Waals surface area contributed by atoms with Crippen LogP contribution in [0.3, 0.4) is 0 Å². The second-order valence-corrected chi connectivity index (χ2v) is 4.45. The third-order valence-corrected chi connectivity index (χ3v) is 2.79. The molecule has 0 saturated carbocycles. The van der Waals surface area contributed by atoms with Gasteiger partial charge in [0.05, 0.1) is 19.9 Å². The van der Waals surface area contributed by atoms with Gasteiger partial charge in [0.15, 0.2) is 17.4 Å². The van der Waals surface area contributed by atoms with Gasteiger partial charge in [-0.15, -0.1) is 5.11 Å². The van der Waals surface area contributed by atoms with Gasteiger partial charge in [0.1, 0.15) is 5.69 Å². The summed E-state index contributed by atoms with van der Waals surface area (Å²) in [6.45, 7) is 0. The van der Waals surface area contributed by atoms with E-state index in [0.717, 1.165) is 7.11 Å². The van der Waals surface area contributed by atoms with Gasteiger partial charge in [0.2, 0.25) is 0 Å². The zero-order valence-electron chi connectivity index (χ0n) is 13.4. The summed E-state index contributed by atoms with van der Waals surface area (Å²) in [5, 5.41) is 10.4. The van der Waals surface area contributed by atoms with Crippen LogP contribution in [0.25, 0.3) is 0 Å². The Morgan fingerprint density at radius 2 is 1.84 bits per heavy atom. The van der Waals surface area contributed by atoms with Crippen LogP contribution < -0.4 is 15.8 Å². The number of benzene rings is 1. The van der Waals surface area contributed by atoms with Gasteiger partial charge in [-0.3, -0.25) is 5.32 Å². The SMILES string of the molecule is COC(=O)Nc1nc(N)c(OC(=O)OC)cc1N=Nc1ccccc1. The van der Waals surface area contributed by atoms with Gasteiger partial charge in [-0.1, -0.05) is 18.2 Å². The lowest BCUT2D eigenvalue weighted by atomic mass is 10.3. The Labute approximate surface area is 142 Å². The number of hydrogen-bond donors (Lipinski definition) is 2. The molecule has 0 spiro atoms. The van der Waals surface area contributed by atoms with Gasteiger partial charge in [0, 0.05) is 6.07 Å². The Bertz CT molecular complexity index is 794. The van der Waals surface area contributed by atoms with E-state index in [1.807, 2.05) is 6.07 Å². The molecule has 1 amide bonds. The Kier molecular flexibility index (Phi) is 5.82. The molecule has 0 unspecified atom stereocenters. The monoisotopic (exact) mass is 345 g/mol. The third kappa shape index (κ3) is 4.89. The number of anilines is 2. The van der Waals surface area contributed by atoms with Crippen molar-refractivity contribution in [3.8, 4) is 5.75 Å². The summed E-state index contributed by atoms with van der Waals surface area (Å²) in [5.74, 6) is -0.263. The first kappa shape index (κ1) is 17.7. The lowest BCUT2D eigenvalue weighted by Crippen LogP contribution is -2.14. The van der Waals surface area contributed by atoms with Crippen LogP contribution in [0.2, 0.25) is 0 Å². The zero-order chi connectivity index (χ0) is 18.2. The van der Waals surface area contributed by atoms with Crippen LogP contribution in [0, 0.1) is 0 Å². The first-order chi connectivity index (χ1) is 12.0. The fraction of sp³-hybridized carbons (Fsp3) is 0.133. The highest BCUT2D eigenvalue weighted by Crippen LogP contribution is 2.33. The van der Waals surface area contributed by atoms with Crippen LogP contribution in [0.1, 0.15) is 0 Å². The Morgan fingerprint density at radius 1 is 1.12 bits per heavy atom. The molecule has 0 aliphatic rings. The summed E-state index contributed by atoms with van der Waals surface area (Å²) in [6, 6.07) is 10.2. The number of methoxy groups -OCH3 is 2. The maximum atomic E-state index is 11.4. The first-order valence-electron chi connectivity index (χ1n) is 6.91. The number of rotatable bonds is 4. The summed E-state index contributed by atoms with van der Waals surface area (Å²) in [6.07, 6.45) is -1.75. The molecule has 1 heterocycles. The molecule has 1 aromatic heterocycles. The van der Waals surface area contributed by atoms with Gasteiger partial charge in [-0.2, -0.15) is 5.11 Å². The Morgan fingerprint density at radius 3 is 2.48 bits per heavy atom. The standard InChI is InChI=1S/C15H15N5O5/c1-23-14(21)18-13-10(20-19-9-6-4-3-5-7-9)8-11(12(16)17-13)25-15(22)24-2/h3-8H,1-2H3,(H3,16,17,18,21). The van der Waals surface area contributed by atoms with Crippen molar-refractivity contribution in [3.63, 3.8) is 0 Å². The molecule has 3 N–H and O–H groups in total. The normalized spacial score (nSPS) is 10.3. The second-order valence-electron chi connectivity index (χ2n) is 4.45. The van der Waals surface area contributed by atoms with E-state index in [4.69, 9.17) is 10.5 Å². The summed E-state index contributed by atoms with van der Waals surface area (Å²) in [5.41, 5.74) is 6.38. The molecule has 0 radical (unpaired) electrons. The first-order valence-corrected chi connectivity index (χ1v) is 6.91. The molecule has 2 aromatic rings. The Hall–Kier alpha value is -3.69. The molecule has 10 nitrogen and oxygen atoms in total. The summed E-state index contributed by atoms with van der Waals surface area (Å²) in [4.78, 5) is 26.6. The van der Waals surface area contributed by atoms with Crippen LogP contribution in [-0.2, 0) is 9.47 Å². The average molecular weight is 345 g/mol. The highest BCUT2D eigenvalue weighted by Gasteiger charge is 2.16. The number of carbonyl (C=O) groups is 2. The van der Waals surface area contributed by atoms with Gasteiger partial charge < -0.3 is 19.9 Å². The molecule has 2 rings (SSSR count). The van der Waals surface area contributed by atoms with E-state index in [-0.39, 0.29) is 23.1 Å². The summed E-state index contributed by atoms with van der Waals surface area (Å²) < 4.78 is 13.8. The number of nitrogens with zero attached hydrogens (tertiary/aromatic N) is 3. The van der Waals surface area contributed by atoms with E-state index in [2.05, 4.69) is 30.0 Å². The average Bonchev–Trinajstić information content (AvgIpc) is 2.63. The number of aromatic nitrogens is 1. The van der Waals surface area contributed by atoms with Crippen molar-refractivity contribution in [1.82, 2.24) is 4.98 Å². The topological polar surface area (TPSA) is 137 Å². The minimum atomic E-state index is -0.979. The molecule has 1 aromatic carbocycles. The molecule has 10 heteroatoms. The fourth-order valence-electron chi connectivity index (χ4n) is 1.63. The van der Waals surface area contributed by atoms with Crippen molar-refractivity contribution >= 4 is 35.3 Å². The number of nitrogen functional groups attached to an aromatic ring is 1. The minimum Gasteiger partial charge on any atom is -0.453 e. The zero-order valence-corrected chi connectivity index (χ0v) is 13.4. The summed E-state index contributed by atoms with van der Waals surface area (Å²) >= 11 is 0. The largest absolute Gasteiger partial charge is 0.513 e. The van der Waals surface area contributed by atoms with Crippen LogP contribution in [0.4, 0.5) is 32.6 Å². The van der Waals surface area contributed by atoms with Crippen molar-refractivity contribution in [3.05, 3.63) is 36.4 Å². The highest BCUT2D eigenvalue weighted by atomic mass is 16.7. The van der Waals surface area contributed by atoms with E-state index >= 15 is 0 Å². The van der Waals surface area contributed by atoms with Crippen molar-refractivity contribution < 1.29 is 23.8 Å². The predicted molar refractivity (Wildman–Crippen MR) is 88.3 cm³/mol. The van der Waals surface area contributed by atoms with Gasteiger partial charge in [-0.25, -0.2) is 14.6 Å². The molecular weight excluding hydrogens is 330 g/mol. The van der Waals surface area contributed by atoms with Gasteiger partial charge >= 0.3 is 12.2 Å². The van der Waals surface area contributed by atoms with Gasteiger partial charge in [-0.05, 0) is 12.1 Å². The fourth-order valence-corrected chi connectivity index (χ4v) is 1.63. The number of carbonyl (C=O) groups excluding carboxylic acids is 2. The Balaban J connectivity index is 2.40. The number of nitrogens with one attached hydrogen (secondary N) is 1. The molecule has 0 aliphatic carbocycles. The number of hydrogen-bond acceptors (Lipinski definition) is 9. The molecule has 0 aliphatic heterocycles. The predicted octanol–water partition coefficient (Wildman–Crippen LogP) is 3.40. The van der Waals surface area contributed by atoms with Crippen LogP contribution in [0.15, 0.2) is 46.6 Å². The number of ether oxygens (including phenoxy) is 3. The maximum absolute atomic E-state index is 11.4. The number of azo groups is 1. The summed E-state index contributed by atoms with van der Waals surface area (Å²) in [7, 11) is 2.34. The van der Waals surface area contributed by atoms with E-state index in [9.17, 15) is 9.59 Å². The minimum absolute atomic E-state index is 0.0127. The number of pyridine rings is 1. The molecular formula is C15H15N5O5. The second kappa shape index (κ2) is 8.24. The van der Waals surface area contributed by atoms with E-state index < -0.39 is 12.2 Å². The van der Waals surface area contributed by atoms with E-state index in [1.165, 1.54) is 13.2 Å².